The van der Waals surface area contributed by atoms with Crippen molar-refractivity contribution in [2.24, 2.45) is 15.7 Å². The van der Waals surface area contributed by atoms with Gasteiger partial charge in [-0.2, -0.15) is 0 Å². The molecular weight excluding hydrogens is 398 g/mol. The highest BCUT2D eigenvalue weighted by atomic mass is 35.5. The van der Waals surface area contributed by atoms with Crippen LogP contribution in [0.5, 0.6) is 0 Å². The molecule has 2 N–H and O–H groups in total. The normalized spacial score (nSPS) is 22.1. The Bertz CT molecular complexity index is 1080. The smallest absolute Gasteiger partial charge is 0.178 e. The Balaban J connectivity index is 0.00000218. The van der Waals surface area contributed by atoms with Crippen LogP contribution in [0.2, 0.25) is 0 Å². The Labute approximate surface area is 183 Å². The first-order valence-electron chi connectivity index (χ1n) is 10.4. The van der Waals surface area contributed by atoms with Gasteiger partial charge < -0.3 is 27.5 Å². The molecule has 1 fully saturated rings. The fourth-order valence-corrected chi connectivity index (χ4v) is 4.18. The third kappa shape index (κ3) is 3.75. The number of allylic oxidation sites excluding steroid dienone is 3. The van der Waals surface area contributed by atoms with E-state index in [1.165, 1.54) is 5.57 Å². The van der Waals surface area contributed by atoms with E-state index in [4.69, 9.17) is 15.8 Å². The molecule has 0 aromatic carbocycles. The second-order valence-corrected chi connectivity index (χ2v) is 8.71. The van der Waals surface area contributed by atoms with Crippen molar-refractivity contribution in [3.8, 4) is 0 Å². The van der Waals surface area contributed by atoms with Gasteiger partial charge in [0.15, 0.2) is 5.82 Å². The van der Waals surface area contributed by atoms with E-state index in [2.05, 4.69) is 36.1 Å². The molecule has 2 aliphatic heterocycles. The zero-order chi connectivity index (χ0) is 20.0. The number of rotatable bonds is 2. The maximum atomic E-state index is 6.37. The number of piperazine rings is 1. The number of nitrogens with zero attached hydrogens (tertiary/aromatic N) is 6. The van der Waals surface area contributed by atoms with E-state index in [1.54, 1.807) is 0 Å². The summed E-state index contributed by atoms with van der Waals surface area (Å²) in [5.41, 5.74) is 12.0. The van der Waals surface area contributed by atoms with Gasteiger partial charge in [-0.05, 0) is 42.7 Å². The molecule has 1 aliphatic carbocycles. The lowest BCUT2D eigenvalue weighted by atomic mass is 9.94. The first-order valence-corrected chi connectivity index (χ1v) is 10.4. The summed E-state index contributed by atoms with van der Waals surface area (Å²) < 4.78 is 2.96. The van der Waals surface area contributed by atoms with Gasteiger partial charge in [0.1, 0.15) is 5.69 Å². The second-order valence-electron chi connectivity index (χ2n) is 8.71. The van der Waals surface area contributed by atoms with Crippen LogP contribution in [0.3, 0.4) is 0 Å². The summed E-state index contributed by atoms with van der Waals surface area (Å²) in [7, 11) is 4.57. The molecule has 2 aromatic heterocycles. The van der Waals surface area contributed by atoms with Crippen LogP contribution in [0.1, 0.15) is 12.8 Å². The van der Waals surface area contributed by atoms with E-state index in [0.29, 0.717) is 5.70 Å². The van der Waals surface area contributed by atoms with Gasteiger partial charge in [-0.25, -0.2) is 9.51 Å². The number of hydrogen-bond acceptors (Lipinski definition) is 5. The van der Waals surface area contributed by atoms with Crippen molar-refractivity contribution in [3.05, 3.63) is 47.8 Å². The molecular formula is C22H28ClN7. The first-order chi connectivity index (χ1) is 14.0. The Morgan fingerprint density at radius 2 is 1.93 bits per heavy atom. The molecule has 0 radical (unpaired) electrons. The first kappa shape index (κ1) is 20.6. The summed E-state index contributed by atoms with van der Waals surface area (Å²) >= 11 is 0. The van der Waals surface area contributed by atoms with Crippen LogP contribution in [-0.4, -0.2) is 72.3 Å². The van der Waals surface area contributed by atoms with E-state index in [0.717, 1.165) is 78.5 Å². The van der Waals surface area contributed by atoms with Gasteiger partial charge in [-0.3, -0.25) is 4.99 Å². The summed E-state index contributed by atoms with van der Waals surface area (Å²) in [6.45, 7) is 5.01. The van der Waals surface area contributed by atoms with Crippen molar-refractivity contribution in [2.45, 2.75) is 12.8 Å². The summed E-state index contributed by atoms with van der Waals surface area (Å²) in [6, 6.07) is 6.10. The minimum Gasteiger partial charge on any atom is -1.00 e. The van der Waals surface area contributed by atoms with E-state index >= 15 is 0 Å². The van der Waals surface area contributed by atoms with Crippen LogP contribution in [-0.2, 0) is 0 Å². The number of aliphatic imine (C=N–C) groups is 2. The molecule has 0 amide bonds. The van der Waals surface area contributed by atoms with E-state index in [-0.39, 0.29) is 12.4 Å². The van der Waals surface area contributed by atoms with Crippen molar-refractivity contribution >= 4 is 28.4 Å². The maximum Gasteiger partial charge on any atom is 0.178 e. The topological polar surface area (TPSA) is 71.3 Å². The minimum atomic E-state index is 0. The maximum absolute atomic E-state index is 6.37. The van der Waals surface area contributed by atoms with E-state index in [1.807, 2.05) is 28.9 Å². The molecule has 8 heteroatoms. The standard InChI is InChI=1S/C22H28N7.ClH/c1-29(2)12-10-27(11-13-29)22-21(20-7-3-4-9-28(20)26-22)25-19-14-16-6-5-8-24-18(16)15-17(19)23;/h3-4,7,9,14-15H,5-6,8,10-13,23H2,1-2H3;1H/q+1;/p-1/b25-19+;. The number of aromatic nitrogens is 2. The molecule has 7 nitrogen and oxygen atoms in total. The highest BCUT2D eigenvalue weighted by molar-refractivity contribution is 6.24. The third-order valence-corrected chi connectivity index (χ3v) is 6.09. The lowest BCUT2D eigenvalue weighted by molar-refractivity contribution is -0.890. The quantitative estimate of drug-likeness (QED) is 0.512. The highest BCUT2D eigenvalue weighted by Crippen LogP contribution is 2.34. The van der Waals surface area contributed by atoms with Gasteiger partial charge in [0.2, 0.25) is 0 Å². The molecule has 158 valence electrons. The third-order valence-electron chi connectivity index (χ3n) is 6.09. The monoisotopic (exact) mass is 425 g/mol. The predicted octanol–water partition coefficient (Wildman–Crippen LogP) is -0.675. The molecule has 0 unspecified atom stereocenters. The lowest BCUT2D eigenvalue weighted by Crippen LogP contribution is -3.00. The highest BCUT2D eigenvalue weighted by Gasteiger charge is 2.28. The summed E-state index contributed by atoms with van der Waals surface area (Å²) in [4.78, 5) is 12.0. The van der Waals surface area contributed by atoms with Gasteiger partial charge in [0, 0.05) is 12.7 Å². The van der Waals surface area contributed by atoms with E-state index in [9.17, 15) is 0 Å². The lowest BCUT2D eigenvalue weighted by Gasteiger charge is -2.39. The summed E-state index contributed by atoms with van der Waals surface area (Å²) in [5.74, 6) is 0.942. The Hall–Kier alpha value is -2.64. The fraction of sp³-hybridized carbons (Fsp3) is 0.409. The summed E-state index contributed by atoms with van der Waals surface area (Å²) in [5, 5.41) is 4.88. The van der Waals surface area contributed by atoms with Crippen molar-refractivity contribution < 1.29 is 16.9 Å². The largest absolute Gasteiger partial charge is 1.00 e. The van der Waals surface area contributed by atoms with Gasteiger partial charge >= 0.3 is 0 Å². The van der Waals surface area contributed by atoms with Crippen LogP contribution >= 0.6 is 0 Å². The van der Waals surface area contributed by atoms with Crippen LogP contribution in [0.4, 0.5) is 11.5 Å². The van der Waals surface area contributed by atoms with Crippen LogP contribution in [0.25, 0.3) is 5.52 Å². The number of quaternary nitrogens is 1. The molecule has 5 rings (SSSR count). The zero-order valence-electron chi connectivity index (χ0n) is 17.6. The average molecular weight is 426 g/mol. The number of halogens is 1. The molecule has 3 aliphatic rings. The SMILES string of the molecule is C[N+]1(C)CCN(c2nn3ccccc3c2/N=C2\C=C3CCCN=C3C=C2N)CC1.[Cl-]. The number of anilines is 1. The van der Waals surface area contributed by atoms with Gasteiger partial charge in [0.05, 0.1) is 62.9 Å². The number of likely N-dealkylation sites (N-methyl/N-ethyl adjacent to an activating group) is 1. The van der Waals surface area contributed by atoms with Gasteiger partial charge in [0.25, 0.3) is 0 Å². The number of pyridine rings is 1. The number of hydrogen-bond donors (Lipinski definition) is 1. The molecule has 0 saturated carbocycles. The Kier molecular flexibility index (Phi) is 5.42. The van der Waals surface area contributed by atoms with E-state index < -0.39 is 0 Å². The molecule has 0 atom stereocenters. The number of fused-ring (bicyclic) bond motifs is 2. The second kappa shape index (κ2) is 7.89. The molecule has 4 heterocycles. The van der Waals surface area contributed by atoms with Gasteiger partial charge in [-0.15, -0.1) is 5.10 Å². The average Bonchev–Trinajstić information content (AvgIpc) is 3.07. The van der Waals surface area contributed by atoms with Crippen molar-refractivity contribution in [1.29, 1.82) is 0 Å². The fourth-order valence-electron chi connectivity index (χ4n) is 4.18. The number of nitrogens with two attached hydrogens (primary N) is 1. The van der Waals surface area contributed by atoms with Gasteiger partial charge in [-0.1, -0.05) is 6.07 Å². The van der Waals surface area contributed by atoms with Crippen molar-refractivity contribution in [1.82, 2.24) is 9.61 Å². The minimum absolute atomic E-state index is 0. The zero-order valence-corrected chi connectivity index (χ0v) is 18.3. The molecule has 0 bridgehead atoms. The predicted molar refractivity (Wildman–Crippen MR) is 118 cm³/mol. The molecule has 2 aromatic rings. The van der Waals surface area contributed by atoms with Crippen molar-refractivity contribution in [2.75, 3.05) is 51.7 Å². The van der Waals surface area contributed by atoms with Crippen molar-refractivity contribution in [3.63, 3.8) is 0 Å². The van der Waals surface area contributed by atoms with Crippen LogP contribution < -0.4 is 23.0 Å². The van der Waals surface area contributed by atoms with Crippen LogP contribution in [0, 0.1) is 0 Å². The molecule has 30 heavy (non-hydrogen) atoms. The molecule has 0 spiro atoms. The molecule has 1 saturated heterocycles. The summed E-state index contributed by atoms with van der Waals surface area (Å²) in [6.07, 6.45) is 8.18. The Morgan fingerprint density at radius 1 is 1.13 bits per heavy atom. The van der Waals surface area contributed by atoms with Crippen LogP contribution in [0.15, 0.2) is 57.8 Å². The Morgan fingerprint density at radius 3 is 2.73 bits per heavy atom.